The first-order valence-electron chi connectivity index (χ1n) is 5.96. The molecule has 1 saturated heterocycles. The first-order valence-corrected chi connectivity index (χ1v) is 5.96. The van der Waals surface area contributed by atoms with Gasteiger partial charge in [-0.2, -0.15) is 0 Å². The molecule has 0 saturated carbocycles. The Balaban J connectivity index is 2.11. The van der Waals surface area contributed by atoms with Crippen LogP contribution in [0.2, 0.25) is 0 Å². The second kappa shape index (κ2) is 5.17. The van der Waals surface area contributed by atoms with E-state index < -0.39 is 0 Å². The predicted octanol–water partition coefficient (Wildman–Crippen LogP) is 2.47. The SMILES string of the molecule is C/C=C\c1cccc(N2CCN(C)CC2)c1. The Bertz CT molecular complexity index is 363. The first kappa shape index (κ1) is 11.2. The quantitative estimate of drug-likeness (QED) is 0.749. The molecule has 0 amide bonds. The molecule has 2 nitrogen and oxygen atoms in total. The van der Waals surface area contributed by atoms with Crippen LogP contribution < -0.4 is 4.90 Å². The lowest BCUT2D eigenvalue weighted by Crippen LogP contribution is -2.44. The summed E-state index contributed by atoms with van der Waals surface area (Å²) in [6.45, 7) is 6.65. The lowest BCUT2D eigenvalue weighted by atomic mass is 10.1. The molecule has 1 fully saturated rings. The number of allylic oxidation sites excluding steroid dienone is 1. The number of hydrogen-bond donors (Lipinski definition) is 0. The highest BCUT2D eigenvalue weighted by atomic mass is 15.2. The van der Waals surface area contributed by atoms with Crippen LogP contribution in [0.15, 0.2) is 30.3 Å². The fraction of sp³-hybridized carbons (Fsp3) is 0.429. The molecule has 0 aliphatic carbocycles. The molecular formula is C14H20N2. The van der Waals surface area contributed by atoms with Crippen molar-refractivity contribution in [1.29, 1.82) is 0 Å². The van der Waals surface area contributed by atoms with Gasteiger partial charge in [0.1, 0.15) is 0 Å². The minimum absolute atomic E-state index is 1.13. The van der Waals surface area contributed by atoms with E-state index in [1.54, 1.807) is 0 Å². The van der Waals surface area contributed by atoms with Gasteiger partial charge in [-0.15, -0.1) is 0 Å². The van der Waals surface area contributed by atoms with E-state index in [0.717, 1.165) is 26.2 Å². The zero-order valence-corrected chi connectivity index (χ0v) is 10.2. The minimum atomic E-state index is 1.13. The van der Waals surface area contributed by atoms with E-state index in [2.05, 4.69) is 60.2 Å². The third kappa shape index (κ3) is 2.64. The smallest absolute Gasteiger partial charge is 0.0373 e. The Morgan fingerprint density at radius 3 is 2.56 bits per heavy atom. The van der Waals surface area contributed by atoms with Gasteiger partial charge in [-0.1, -0.05) is 24.3 Å². The predicted molar refractivity (Wildman–Crippen MR) is 70.9 cm³/mol. The molecule has 0 radical (unpaired) electrons. The molecule has 0 unspecified atom stereocenters. The normalized spacial score (nSPS) is 18.2. The molecule has 1 aromatic carbocycles. The van der Waals surface area contributed by atoms with Crippen molar-refractivity contribution in [1.82, 2.24) is 4.90 Å². The van der Waals surface area contributed by atoms with Crippen molar-refractivity contribution >= 4 is 11.8 Å². The van der Waals surface area contributed by atoms with Gasteiger partial charge in [0.15, 0.2) is 0 Å². The van der Waals surface area contributed by atoms with E-state index in [0.29, 0.717) is 0 Å². The number of anilines is 1. The Labute approximate surface area is 98.2 Å². The highest BCUT2D eigenvalue weighted by molar-refractivity contribution is 5.58. The molecule has 2 heteroatoms. The maximum absolute atomic E-state index is 2.47. The van der Waals surface area contributed by atoms with Gasteiger partial charge in [0.25, 0.3) is 0 Å². The van der Waals surface area contributed by atoms with Crippen LogP contribution in [0.3, 0.4) is 0 Å². The summed E-state index contributed by atoms with van der Waals surface area (Å²) in [5.74, 6) is 0. The summed E-state index contributed by atoms with van der Waals surface area (Å²) in [5.41, 5.74) is 2.64. The van der Waals surface area contributed by atoms with Crippen molar-refractivity contribution in [2.45, 2.75) is 6.92 Å². The zero-order valence-electron chi connectivity index (χ0n) is 10.2. The average Bonchev–Trinajstić information content (AvgIpc) is 2.31. The van der Waals surface area contributed by atoms with Crippen LogP contribution in [0.4, 0.5) is 5.69 Å². The highest BCUT2D eigenvalue weighted by Crippen LogP contribution is 2.18. The summed E-state index contributed by atoms with van der Waals surface area (Å²) < 4.78 is 0. The van der Waals surface area contributed by atoms with Gasteiger partial charge in [0.2, 0.25) is 0 Å². The van der Waals surface area contributed by atoms with Crippen molar-refractivity contribution < 1.29 is 0 Å². The molecule has 16 heavy (non-hydrogen) atoms. The van der Waals surface area contributed by atoms with Crippen molar-refractivity contribution in [2.75, 3.05) is 38.1 Å². The van der Waals surface area contributed by atoms with Gasteiger partial charge in [-0.25, -0.2) is 0 Å². The molecule has 1 heterocycles. The van der Waals surface area contributed by atoms with E-state index in [1.807, 2.05) is 0 Å². The largest absolute Gasteiger partial charge is 0.369 e. The van der Waals surface area contributed by atoms with Crippen molar-refractivity contribution in [2.24, 2.45) is 0 Å². The number of likely N-dealkylation sites (N-methyl/N-ethyl adjacent to an activating group) is 1. The van der Waals surface area contributed by atoms with Gasteiger partial charge in [0.05, 0.1) is 0 Å². The summed E-state index contributed by atoms with van der Waals surface area (Å²) in [5, 5.41) is 0. The van der Waals surface area contributed by atoms with Crippen LogP contribution in [-0.4, -0.2) is 38.1 Å². The fourth-order valence-corrected chi connectivity index (χ4v) is 2.08. The number of hydrogen-bond acceptors (Lipinski definition) is 2. The minimum Gasteiger partial charge on any atom is -0.369 e. The third-order valence-electron chi connectivity index (χ3n) is 3.10. The van der Waals surface area contributed by atoms with Crippen molar-refractivity contribution in [3.63, 3.8) is 0 Å². The number of benzene rings is 1. The maximum Gasteiger partial charge on any atom is 0.0373 e. The number of nitrogens with zero attached hydrogens (tertiary/aromatic N) is 2. The third-order valence-corrected chi connectivity index (χ3v) is 3.10. The monoisotopic (exact) mass is 216 g/mol. The zero-order chi connectivity index (χ0) is 11.4. The van der Waals surface area contributed by atoms with Crippen molar-refractivity contribution in [3.05, 3.63) is 35.9 Å². The molecule has 0 N–H and O–H groups in total. The molecule has 0 aromatic heterocycles. The first-order chi connectivity index (χ1) is 7.79. The second-order valence-corrected chi connectivity index (χ2v) is 4.39. The molecule has 1 aromatic rings. The summed E-state index contributed by atoms with van der Waals surface area (Å²) in [6.07, 6.45) is 4.24. The van der Waals surface area contributed by atoms with Gasteiger partial charge in [-0.3, -0.25) is 0 Å². The summed E-state index contributed by atoms with van der Waals surface area (Å²) in [4.78, 5) is 4.85. The lowest BCUT2D eigenvalue weighted by molar-refractivity contribution is 0.313. The van der Waals surface area contributed by atoms with Gasteiger partial charge in [-0.05, 0) is 31.7 Å². The molecule has 0 atom stereocenters. The van der Waals surface area contributed by atoms with Crippen LogP contribution in [0.1, 0.15) is 12.5 Å². The molecule has 86 valence electrons. The molecule has 0 bridgehead atoms. The van der Waals surface area contributed by atoms with Crippen LogP contribution in [0.25, 0.3) is 6.08 Å². The van der Waals surface area contributed by atoms with E-state index in [4.69, 9.17) is 0 Å². The molecule has 1 aliphatic heterocycles. The molecule has 0 spiro atoms. The van der Waals surface area contributed by atoms with Crippen LogP contribution >= 0.6 is 0 Å². The van der Waals surface area contributed by atoms with E-state index in [9.17, 15) is 0 Å². The second-order valence-electron chi connectivity index (χ2n) is 4.39. The van der Waals surface area contributed by atoms with Crippen LogP contribution in [-0.2, 0) is 0 Å². The maximum atomic E-state index is 2.47. The highest BCUT2D eigenvalue weighted by Gasteiger charge is 2.13. The Morgan fingerprint density at radius 2 is 1.88 bits per heavy atom. The van der Waals surface area contributed by atoms with E-state index in [1.165, 1.54) is 11.3 Å². The number of rotatable bonds is 2. The molecule has 2 rings (SSSR count). The topological polar surface area (TPSA) is 6.48 Å². The fourth-order valence-electron chi connectivity index (χ4n) is 2.08. The Kier molecular flexibility index (Phi) is 3.62. The van der Waals surface area contributed by atoms with Crippen LogP contribution in [0, 0.1) is 0 Å². The Hall–Kier alpha value is -1.28. The van der Waals surface area contributed by atoms with E-state index >= 15 is 0 Å². The van der Waals surface area contributed by atoms with Gasteiger partial charge < -0.3 is 9.80 Å². The summed E-state index contributed by atoms with van der Waals surface area (Å²) in [7, 11) is 2.19. The van der Waals surface area contributed by atoms with Gasteiger partial charge in [0, 0.05) is 31.9 Å². The number of piperazine rings is 1. The lowest BCUT2D eigenvalue weighted by Gasteiger charge is -2.34. The summed E-state index contributed by atoms with van der Waals surface area (Å²) in [6, 6.07) is 8.77. The van der Waals surface area contributed by atoms with Crippen LogP contribution in [0.5, 0.6) is 0 Å². The molecule has 1 aliphatic rings. The van der Waals surface area contributed by atoms with Gasteiger partial charge >= 0.3 is 0 Å². The molecular weight excluding hydrogens is 196 g/mol. The Morgan fingerprint density at radius 1 is 1.12 bits per heavy atom. The standard InChI is InChI=1S/C14H20N2/c1-3-5-13-6-4-7-14(12-13)16-10-8-15(2)9-11-16/h3-7,12H,8-11H2,1-2H3/b5-3-. The average molecular weight is 216 g/mol. The summed E-state index contributed by atoms with van der Waals surface area (Å²) >= 11 is 0. The van der Waals surface area contributed by atoms with Crippen molar-refractivity contribution in [3.8, 4) is 0 Å². The van der Waals surface area contributed by atoms with E-state index in [-0.39, 0.29) is 0 Å².